The monoisotopic (exact) mass is 230 g/mol. The van der Waals surface area contributed by atoms with E-state index in [0.717, 1.165) is 11.5 Å². The molecule has 0 amide bonds. The molecule has 0 saturated carbocycles. The van der Waals surface area contributed by atoms with Gasteiger partial charge in [-0.2, -0.15) is 0 Å². The van der Waals surface area contributed by atoms with Crippen LogP contribution >= 0.6 is 0 Å². The molecule has 0 saturated heterocycles. The molecule has 2 nitrogen and oxygen atoms in total. The molecule has 0 aliphatic rings. The van der Waals surface area contributed by atoms with Gasteiger partial charge in [0.25, 0.3) is 0 Å². The van der Waals surface area contributed by atoms with E-state index in [0.29, 0.717) is 5.92 Å². The Bertz CT molecular complexity index is 530. The maximum absolute atomic E-state index is 5.44. The predicted molar refractivity (Wildman–Crippen MR) is 71.1 cm³/mol. The fraction of sp³-hybridized carbons (Fsp3) is 0.333. The van der Waals surface area contributed by atoms with E-state index >= 15 is 0 Å². The number of benzene rings is 2. The average molecular weight is 230 g/mol. The molecule has 0 bridgehead atoms. The van der Waals surface area contributed by atoms with Crippen molar-refractivity contribution in [3.8, 4) is 11.5 Å². The van der Waals surface area contributed by atoms with Crippen LogP contribution in [0.2, 0.25) is 0 Å². The highest BCUT2D eigenvalue weighted by Gasteiger charge is 2.12. The third kappa shape index (κ3) is 2.07. The zero-order valence-corrected chi connectivity index (χ0v) is 10.8. The summed E-state index contributed by atoms with van der Waals surface area (Å²) in [6.45, 7) is 4.36. The number of methoxy groups -OCH3 is 2. The van der Waals surface area contributed by atoms with Crippen LogP contribution in [0.3, 0.4) is 0 Å². The average Bonchev–Trinajstić information content (AvgIpc) is 2.36. The van der Waals surface area contributed by atoms with Crippen molar-refractivity contribution >= 4 is 10.8 Å². The lowest BCUT2D eigenvalue weighted by Crippen LogP contribution is -1.96. The van der Waals surface area contributed by atoms with Gasteiger partial charge in [-0.25, -0.2) is 0 Å². The molecule has 0 aliphatic carbocycles. The second-order valence-corrected chi connectivity index (χ2v) is 4.42. The van der Waals surface area contributed by atoms with Gasteiger partial charge in [-0.1, -0.05) is 26.0 Å². The van der Waals surface area contributed by atoms with Crippen LogP contribution in [-0.2, 0) is 0 Å². The Kier molecular flexibility index (Phi) is 3.23. The van der Waals surface area contributed by atoms with Crippen LogP contribution in [0.4, 0.5) is 0 Å². The lowest BCUT2D eigenvalue weighted by atomic mass is 9.95. The Hall–Kier alpha value is -1.70. The third-order valence-corrected chi connectivity index (χ3v) is 3.03. The van der Waals surface area contributed by atoms with E-state index in [9.17, 15) is 0 Å². The summed E-state index contributed by atoms with van der Waals surface area (Å²) in [6.07, 6.45) is 0. The first-order valence-electron chi connectivity index (χ1n) is 5.82. The molecule has 90 valence electrons. The zero-order chi connectivity index (χ0) is 12.4. The predicted octanol–water partition coefficient (Wildman–Crippen LogP) is 3.98. The normalized spacial score (nSPS) is 10.9. The molecule has 0 spiro atoms. The van der Waals surface area contributed by atoms with Gasteiger partial charge in [0.1, 0.15) is 11.5 Å². The van der Waals surface area contributed by atoms with Crippen LogP contribution in [0.15, 0.2) is 30.3 Å². The minimum atomic E-state index is 0.432. The summed E-state index contributed by atoms with van der Waals surface area (Å²) in [5.74, 6) is 2.28. The van der Waals surface area contributed by atoms with E-state index in [1.165, 1.54) is 16.3 Å². The van der Waals surface area contributed by atoms with Gasteiger partial charge < -0.3 is 9.47 Å². The van der Waals surface area contributed by atoms with Crippen molar-refractivity contribution in [3.05, 3.63) is 35.9 Å². The zero-order valence-electron chi connectivity index (χ0n) is 10.8. The Labute approximate surface area is 102 Å². The van der Waals surface area contributed by atoms with Gasteiger partial charge in [-0.15, -0.1) is 0 Å². The maximum atomic E-state index is 5.44. The van der Waals surface area contributed by atoms with Crippen molar-refractivity contribution < 1.29 is 9.47 Å². The molecule has 0 radical (unpaired) electrons. The lowest BCUT2D eigenvalue weighted by Gasteiger charge is -2.15. The molecule has 0 aromatic heterocycles. The van der Waals surface area contributed by atoms with Gasteiger partial charge in [0.2, 0.25) is 0 Å². The number of hydrogen-bond donors (Lipinski definition) is 0. The van der Waals surface area contributed by atoms with Crippen molar-refractivity contribution in [1.82, 2.24) is 0 Å². The minimum Gasteiger partial charge on any atom is -0.497 e. The number of fused-ring (bicyclic) bond motifs is 1. The fourth-order valence-electron chi connectivity index (χ4n) is 2.21. The summed E-state index contributed by atoms with van der Waals surface area (Å²) in [7, 11) is 3.41. The first-order chi connectivity index (χ1) is 8.17. The maximum Gasteiger partial charge on any atom is 0.122 e. The Morgan fingerprint density at radius 2 is 1.71 bits per heavy atom. The molecule has 0 N–H and O–H groups in total. The molecule has 2 aromatic rings. The number of rotatable bonds is 3. The summed E-state index contributed by atoms with van der Waals surface area (Å²) in [5.41, 5.74) is 1.26. The van der Waals surface area contributed by atoms with Crippen LogP contribution in [0, 0.1) is 0 Å². The molecule has 0 aliphatic heterocycles. The fourth-order valence-corrected chi connectivity index (χ4v) is 2.21. The van der Waals surface area contributed by atoms with E-state index in [1.54, 1.807) is 14.2 Å². The smallest absolute Gasteiger partial charge is 0.122 e. The second kappa shape index (κ2) is 4.66. The quantitative estimate of drug-likeness (QED) is 0.794. The van der Waals surface area contributed by atoms with Gasteiger partial charge in [0.15, 0.2) is 0 Å². The Morgan fingerprint density at radius 3 is 2.29 bits per heavy atom. The second-order valence-electron chi connectivity index (χ2n) is 4.42. The van der Waals surface area contributed by atoms with Crippen LogP contribution in [0.1, 0.15) is 25.3 Å². The molecule has 0 heterocycles. The van der Waals surface area contributed by atoms with Gasteiger partial charge in [0, 0.05) is 5.56 Å². The molecular formula is C15H18O2. The minimum absolute atomic E-state index is 0.432. The molecule has 17 heavy (non-hydrogen) atoms. The van der Waals surface area contributed by atoms with E-state index in [-0.39, 0.29) is 0 Å². The largest absolute Gasteiger partial charge is 0.497 e. The summed E-state index contributed by atoms with van der Waals surface area (Å²) < 4.78 is 10.7. The van der Waals surface area contributed by atoms with E-state index in [4.69, 9.17) is 9.47 Å². The van der Waals surface area contributed by atoms with Crippen LogP contribution < -0.4 is 9.47 Å². The van der Waals surface area contributed by atoms with Crippen molar-refractivity contribution in [2.75, 3.05) is 14.2 Å². The van der Waals surface area contributed by atoms with Gasteiger partial charge in [-0.3, -0.25) is 0 Å². The van der Waals surface area contributed by atoms with Crippen molar-refractivity contribution in [3.63, 3.8) is 0 Å². The highest BCUT2D eigenvalue weighted by Crippen LogP contribution is 2.35. The molecule has 0 unspecified atom stereocenters. The van der Waals surface area contributed by atoms with E-state index in [2.05, 4.69) is 32.0 Å². The third-order valence-electron chi connectivity index (χ3n) is 3.03. The van der Waals surface area contributed by atoms with Crippen LogP contribution in [-0.4, -0.2) is 14.2 Å². The molecule has 2 rings (SSSR count). The molecule has 2 heteroatoms. The van der Waals surface area contributed by atoms with Crippen molar-refractivity contribution in [2.24, 2.45) is 0 Å². The number of ether oxygens (including phenoxy) is 2. The molecule has 0 atom stereocenters. The van der Waals surface area contributed by atoms with Gasteiger partial charge in [0.05, 0.1) is 14.2 Å². The summed E-state index contributed by atoms with van der Waals surface area (Å²) in [5, 5.41) is 2.43. The highest BCUT2D eigenvalue weighted by molar-refractivity contribution is 5.89. The van der Waals surface area contributed by atoms with Gasteiger partial charge >= 0.3 is 0 Å². The van der Waals surface area contributed by atoms with Crippen LogP contribution in [0.25, 0.3) is 10.8 Å². The topological polar surface area (TPSA) is 18.5 Å². The molecule has 2 aromatic carbocycles. The SMILES string of the molecule is COc1ccc2c(C(C)C)c(OC)ccc2c1. The summed E-state index contributed by atoms with van der Waals surface area (Å²) >= 11 is 0. The first-order valence-corrected chi connectivity index (χ1v) is 5.82. The Balaban J connectivity index is 2.72. The van der Waals surface area contributed by atoms with Crippen molar-refractivity contribution in [2.45, 2.75) is 19.8 Å². The molecule has 0 fully saturated rings. The van der Waals surface area contributed by atoms with Crippen molar-refractivity contribution in [1.29, 1.82) is 0 Å². The Morgan fingerprint density at radius 1 is 0.941 bits per heavy atom. The number of hydrogen-bond acceptors (Lipinski definition) is 2. The van der Waals surface area contributed by atoms with E-state index < -0.39 is 0 Å². The highest BCUT2D eigenvalue weighted by atomic mass is 16.5. The molecular weight excluding hydrogens is 212 g/mol. The standard InChI is InChI=1S/C15H18O2/c1-10(2)15-13-7-6-12(16-3)9-11(13)5-8-14(15)17-4/h5-10H,1-4H3. The lowest BCUT2D eigenvalue weighted by molar-refractivity contribution is 0.408. The van der Waals surface area contributed by atoms with E-state index in [1.807, 2.05) is 12.1 Å². The van der Waals surface area contributed by atoms with Gasteiger partial charge in [-0.05, 0) is 34.9 Å². The first kappa shape index (κ1) is 11.8. The summed E-state index contributed by atoms with van der Waals surface area (Å²) in [4.78, 5) is 0. The van der Waals surface area contributed by atoms with Crippen LogP contribution in [0.5, 0.6) is 11.5 Å². The summed E-state index contributed by atoms with van der Waals surface area (Å²) in [6, 6.07) is 10.2.